The van der Waals surface area contributed by atoms with Crippen LogP contribution in [-0.2, 0) is 9.53 Å². The molecule has 1 aliphatic heterocycles. The highest BCUT2D eigenvalue weighted by atomic mass is 16.5. The predicted octanol–water partition coefficient (Wildman–Crippen LogP) is -0.538. The van der Waals surface area contributed by atoms with Gasteiger partial charge in [-0.25, -0.2) is 0 Å². The van der Waals surface area contributed by atoms with Gasteiger partial charge in [0.25, 0.3) is 0 Å². The highest BCUT2D eigenvalue weighted by molar-refractivity contribution is 5.72. The van der Waals surface area contributed by atoms with Crippen LogP contribution in [0.15, 0.2) is 6.08 Å². The Morgan fingerprint density at radius 3 is 3.25 bits per heavy atom. The molecule has 86 valence electrons. The minimum Gasteiger partial charge on any atom is -0.468 e. The van der Waals surface area contributed by atoms with Crippen molar-refractivity contribution in [1.29, 1.82) is 0 Å². The van der Waals surface area contributed by atoms with Crippen LogP contribution >= 0.6 is 0 Å². The lowest BCUT2D eigenvalue weighted by Crippen LogP contribution is -2.34. The van der Waals surface area contributed by atoms with Crippen LogP contribution in [0.1, 0.15) is 12.2 Å². The second-order valence-electron chi connectivity index (χ2n) is 3.54. The molecule has 2 rings (SSSR count). The van der Waals surface area contributed by atoms with Crippen molar-refractivity contribution in [2.45, 2.75) is 6.42 Å². The third-order valence-corrected chi connectivity index (χ3v) is 2.44. The smallest absolute Gasteiger partial charge is 0.319 e. The number of H-pyrrole nitrogens is 1. The predicted molar refractivity (Wildman–Crippen MR) is 55.2 cm³/mol. The van der Waals surface area contributed by atoms with Gasteiger partial charge in [-0.15, -0.1) is 10.2 Å². The number of nitrogens with zero attached hydrogens (tertiary/aromatic N) is 4. The van der Waals surface area contributed by atoms with Gasteiger partial charge in [-0.1, -0.05) is 6.08 Å². The molecule has 7 nitrogen and oxygen atoms in total. The fraction of sp³-hybridized carbons (Fsp3) is 0.556. The van der Waals surface area contributed by atoms with Gasteiger partial charge >= 0.3 is 5.97 Å². The third-order valence-electron chi connectivity index (χ3n) is 2.44. The van der Waals surface area contributed by atoms with Crippen molar-refractivity contribution in [2.75, 3.05) is 26.7 Å². The zero-order valence-electron chi connectivity index (χ0n) is 9.01. The highest BCUT2D eigenvalue weighted by Crippen LogP contribution is 2.16. The van der Waals surface area contributed by atoms with Crippen molar-refractivity contribution in [3.8, 4) is 0 Å². The summed E-state index contributed by atoms with van der Waals surface area (Å²) in [5, 5.41) is 13.8. The van der Waals surface area contributed by atoms with Crippen LogP contribution in [0, 0.1) is 0 Å². The molecule has 0 fully saturated rings. The van der Waals surface area contributed by atoms with E-state index < -0.39 is 0 Å². The van der Waals surface area contributed by atoms with Gasteiger partial charge in [-0.05, 0) is 11.6 Å². The molecule has 1 aromatic heterocycles. The average molecular weight is 223 g/mol. The molecule has 0 radical (unpaired) electrons. The van der Waals surface area contributed by atoms with Gasteiger partial charge in [0.2, 0.25) is 5.82 Å². The lowest BCUT2D eigenvalue weighted by atomic mass is 10.1. The topological polar surface area (TPSA) is 84.0 Å². The van der Waals surface area contributed by atoms with Crippen LogP contribution in [0.4, 0.5) is 0 Å². The van der Waals surface area contributed by atoms with Gasteiger partial charge in [0.05, 0.1) is 13.7 Å². The molecule has 1 aromatic rings. The zero-order valence-corrected chi connectivity index (χ0v) is 9.01. The van der Waals surface area contributed by atoms with Crippen molar-refractivity contribution in [3.05, 3.63) is 11.9 Å². The van der Waals surface area contributed by atoms with E-state index in [4.69, 9.17) is 0 Å². The summed E-state index contributed by atoms with van der Waals surface area (Å²) in [5.74, 6) is 0.365. The maximum atomic E-state index is 11.1. The number of methoxy groups -OCH3 is 1. The number of esters is 1. The van der Waals surface area contributed by atoms with Crippen molar-refractivity contribution < 1.29 is 9.53 Å². The minimum absolute atomic E-state index is 0.227. The van der Waals surface area contributed by atoms with Crippen LogP contribution in [0.25, 0.3) is 5.57 Å². The SMILES string of the molecule is COC(=O)CN1CCC=C(c2nn[nH]n2)C1. The van der Waals surface area contributed by atoms with Gasteiger partial charge in [0.1, 0.15) is 0 Å². The van der Waals surface area contributed by atoms with E-state index in [2.05, 4.69) is 31.4 Å². The molecule has 1 N–H and O–H groups in total. The molecular weight excluding hydrogens is 210 g/mol. The van der Waals surface area contributed by atoms with Gasteiger partial charge < -0.3 is 4.74 Å². The Morgan fingerprint density at radius 1 is 1.69 bits per heavy atom. The van der Waals surface area contributed by atoms with E-state index in [-0.39, 0.29) is 5.97 Å². The summed E-state index contributed by atoms with van der Waals surface area (Å²) in [5.41, 5.74) is 0.990. The Hall–Kier alpha value is -1.76. The first-order valence-corrected chi connectivity index (χ1v) is 5.01. The number of hydrogen-bond acceptors (Lipinski definition) is 6. The van der Waals surface area contributed by atoms with Gasteiger partial charge in [-0.3, -0.25) is 9.69 Å². The molecule has 0 saturated heterocycles. The summed E-state index contributed by atoms with van der Waals surface area (Å²) < 4.78 is 4.63. The molecule has 0 aliphatic carbocycles. The quantitative estimate of drug-likeness (QED) is 0.693. The number of ether oxygens (including phenoxy) is 1. The second-order valence-corrected chi connectivity index (χ2v) is 3.54. The second kappa shape index (κ2) is 4.84. The summed E-state index contributed by atoms with van der Waals surface area (Å²) >= 11 is 0. The van der Waals surface area contributed by atoms with E-state index in [0.29, 0.717) is 18.9 Å². The summed E-state index contributed by atoms with van der Waals surface area (Å²) in [6, 6.07) is 0. The first-order valence-electron chi connectivity index (χ1n) is 5.01. The summed E-state index contributed by atoms with van der Waals surface area (Å²) in [7, 11) is 1.39. The number of aromatic nitrogens is 4. The van der Waals surface area contributed by atoms with Crippen molar-refractivity contribution in [2.24, 2.45) is 0 Å². The molecule has 0 bridgehead atoms. The fourth-order valence-corrected chi connectivity index (χ4v) is 1.65. The van der Waals surface area contributed by atoms with E-state index in [1.54, 1.807) is 0 Å². The molecule has 0 amide bonds. The van der Waals surface area contributed by atoms with Crippen molar-refractivity contribution >= 4 is 11.5 Å². The van der Waals surface area contributed by atoms with Crippen molar-refractivity contribution in [1.82, 2.24) is 25.5 Å². The average Bonchev–Trinajstić information content (AvgIpc) is 2.83. The zero-order chi connectivity index (χ0) is 11.4. The fourth-order valence-electron chi connectivity index (χ4n) is 1.65. The number of tetrazole rings is 1. The first kappa shape index (κ1) is 10.7. The highest BCUT2D eigenvalue weighted by Gasteiger charge is 2.18. The first-order chi connectivity index (χ1) is 7.79. The molecule has 0 unspecified atom stereocenters. The van der Waals surface area contributed by atoms with Crippen molar-refractivity contribution in [3.63, 3.8) is 0 Å². The van der Waals surface area contributed by atoms with Gasteiger partial charge in [-0.2, -0.15) is 5.21 Å². The molecule has 0 spiro atoms. The molecular formula is C9H13N5O2. The van der Waals surface area contributed by atoms with E-state index in [1.807, 2.05) is 4.90 Å². The number of carbonyl (C=O) groups excluding carboxylic acids is 1. The summed E-state index contributed by atoms with van der Waals surface area (Å²) in [4.78, 5) is 13.1. The van der Waals surface area contributed by atoms with Crippen LogP contribution in [0.2, 0.25) is 0 Å². The summed E-state index contributed by atoms with van der Waals surface area (Å²) in [6.45, 7) is 1.79. The number of hydrogen-bond donors (Lipinski definition) is 1. The molecule has 2 heterocycles. The van der Waals surface area contributed by atoms with Crippen LogP contribution in [0.5, 0.6) is 0 Å². The van der Waals surface area contributed by atoms with E-state index in [0.717, 1.165) is 18.5 Å². The maximum absolute atomic E-state index is 11.1. The Labute approximate surface area is 92.5 Å². The van der Waals surface area contributed by atoms with E-state index in [1.165, 1.54) is 7.11 Å². The lowest BCUT2D eigenvalue weighted by molar-refractivity contribution is -0.141. The standard InChI is InChI=1S/C9H13N5O2/c1-16-8(15)6-14-4-2-3-7(5-14)9-10-12-13-11-9/h3H,2,4-6H2,1H3,(H,10,11,12,13). The van der Waals surface area contributed by atoms with Gasteiger partial charge in [0.15, 0.2) is 0 Å². The van der Waals surface area contributed by atoms with E-state index >= 15 is 0 Å². The maximum Gasteiger partial charge on any atom is 0.319 e. The summed E-state index contributed by atoms with van der Waals surface area (Å²) in [6.07, 6.45) is 2.94. The monoisotopic (exact) mass is 223 g/mol. The number of nitrogens with one attached hydrogen (secondary N) is 1. The molecule has 0 aromatic carbocycles. The number of aromatic amines is 1. The molecule has 1 aliphatic rings. The minimum atomic E-state index is -0.227. The molecule has 0 atom stereocenters. The number of rotatable bonds is 3. The Morgan fingerprint density at radius 2 is 2.56 bits per heavy atom. The third kappa shape index (κ3) is 2.43. The van der Waals surface area contributed by atoms with Gasteiger partial charge in [0, 0.05) is 18.7 Å². The largest absolute Gasteiger partial charge is 0.468 e. The molecule has 0 saturated carbocycles. The molecule has 16 heavy (non-hydrogen) atoms. The van der Waals surface area contributed by atoms with Crippen LogP contribution in [0.3, 0.4) is 0 Å². The normalized spacial score (nSPS) is 16.9. The Kier molecular flexibility index (Phi) is 3.25. The lowest BCUT2D eigenvalue weighted by Gasteiger charge is -2.24. The number of carbonyl (C=O) groups is 1. The van der Waals surface area contributed by atoms with Crippen LogP contribution in [-0.4, -0.2) is 58.2 Å². The Bertz CT molecular complexity index is 387. The molecule has 7 heteroatoms. The Balaban J connectivity index is 1.98. The van der Waals surface area contributed by atoms with Crippen LogP contribution < -0.4 is 0 Å². The van der Waals surface area contributed by atoms with E-state index in [9.17, 15) is 4.79 Å².